The van der Waals surface area contributed by atoms with Gasteiger partial charge in [-0.15, -0.1) is 0 Å². The van der Waals surface area contributed by atoms with Gasteiger partial charge in [-0.05, 0) is 43.3 Å². The SMILES string of the molecule is CC(=O)c1ccc(N2CCN(C(=O)CNC(=O)c3ccc(Cl)cc3Cl)CC2)c(F)c1. The molecule has 2 amide bonds. The van der Waals surface area contributed by atoms with Crippen molar-refractivity contribution in [3.05, 3.63) is 63.4 Å². The van der Waals surface area contributed by atoms with Crippen LogP contribution >= 0.6 is 23.2 Å². The number of Topliss-reactive ketones (excluding diaryl/α,β-unsaturated/α-hetero) is 1. The molecule has 0 unspecified atom stereocenters. The van der Waals surface area contributed by atoms with E-state index in [1.54, 1.807) is 23.1 Å². The zero-order valence-electron chi connectivity index (χ0n) is 16.3. The highest BCUT2D eigenvalue weighted by Crippen LogP contribution is 2.23. The summed E-state index contributed by atoms with van der Waals surface area (Å²) < 4.78 is 14.3. The van der Waals surface area contributed by atoms with Crippen LogP contribution in [0.4, 0.5) is 10.1 Å². The zero-order chi connectivity index (χ0) is 21.8. The maximum atomic E-state index is 14.3. The molecule has 1 heterocycles. The molecular formula is C21H20Cl2FN3O3. The van der Waals surface area contributed by atoms with Crippen molar-refractivity contribution in [2.45, 2.75) is 6.92 Å². The molecule has 30 heavy (non-hydrogen) atoms. The van der Waals surface area contributed by atoms with Crippen LogP contribution < -0.4 is 10.2 Å². The fraction of sp³-hybridized carbons (Fsp3) is 0.286. The maximum Gasteiger partial charge on any atom is 0.253 e. The van der Waals surface area contributed by atoms with Crippen LogP contribution in [0, 0.1) is 5.82 Å². The first-order valence-corrected chi connectivity index (χ1v) is 10.1. The summed E-state index contributed by atoms with van der Waals surface area (Å²) >= 11 is 11.8. The van der Waals surface area contributed by atoms with Crippen LogP contribution in [0.25, 0.3) is 0 Å². The van der Waals surface area contributed by atoms with Gasteiger partial charge in [0.15, 0.2) is 5.78 Å². The first kappa shape index (κ1) is 22.1. The second kappa shape index (κ2) is 9.45. The van der Waals surface area contributed by atoms with Gasteiger partial charge in [-0.25, -0.2) is 4.39 Å². The predicted molar refractivity (Wildman–Crippen MR) is 114 cm³/mol. The molecule has 1 fully saturated rings. The van der Waals surface area contributed by atoms with Crippen molar-refractivity contribution in [2.24, 2.45) is 0 Å². The van der Waals surface area contributed by atoms with Crippen molar-refractivity contribution >= 4 is 46.5 Å². The minimum Gasteiger partial charge on any atom is -0.366 e. The number of nitrogens with zero attached hydrogens (tertiary/aromatic N) is 2. The van der Waals surface area contributed by atoms with Gasteiger partial charge in [-0.2, -0.15) is 0 Å². The Morgan fingerprint density at radius 1 is 1.03 bits per heavy atom. The number of nitrogens with one attached hydrogen (secondary N) is 1. The van der Waals surface area contributed by atoms with E-state index in [0.717, 1.165) is 0 Å². The smallest absolute Gasteiger partial charge is 0.253 e. The number of hydrogen-bond donors (Lipinski definition) is 1. The van der Waals surface area contributed by atoms with E-state index in [2.05, 4.69) is 5.32 Å². The lowest BCUT2D eigenvalue weighted by molar-refractivity contribution is -0.130. The molecule has 158 valence electrons. The molecule has 0 radical (unpaired) electrons. The quantitative estimate of drug-likeness (QED) is 0.707. The molecule has 1 saturated heterocycles. The van der Waals surface area contributed by atoms with Crippen molar-refractivity contribution in [1.82, 2.24) is 10.2 Å². The summed E-state index contributed by atoms with van der Waals surface area (Å²) in [5, 5.41) is 3.18. The molecule has 0 spiro atoms. The average molecular weight is 452 g/mol. The van der Waals surface area contributed by atoms with Gasteiger partial charge in [-0.3, -0.25) is 14.4 Å². The third kappa shape index (κ3) is 5.09. The largest absolute Gasteiger partial charge is 0.366 e. The van der Waals surface area contributed by atoms with E-state index < -0.39 is 11.7 Å². The van der Waals surface area contributed by atoms with E-state index in [0.29, 0.717) is 42.5 Å². The number of ketones is 1. The van der Waals surface area contributed by atoms with Gasteiger partial charge >= 0.3 is 0 Å². The fourth-order valence-corrected chi connectivity index (χ4v) is 3.71. The summed E-state index contributed by atoms with van der Waals surface area (Å²) in [6.07, 6.45) is 0. The minimum atomic E-state index is -0.463. The van der Waals surface area contributed by atoms with Gasteiger partial charge in [0.25, 0.3) is 5.91 Å². The maximum absolute atomic E-state index is 14.3. The first-order valence-electron chi connectivity index (χ1n) is 9.32. The fourth-order valence-electron chi connectivity index (χ4n) is 3.22. The normalized spacial score (nSPS) is 13.9. The van der Waals surface area contributed by atoms with E-state index in [-0.39, 0.29) is 28.8 Å². The highest BCUT2D eigenvalue weighted by Gasteiger charge is 2.23. The number of benzene rings is 2. The monoisotopic (exact) mass is 451 g/mol. The molecule has 0 aliphatic carbocycles. The second-order valence-electron chi connectivity index (χ2n) is 6.90. The van der Waals surface area contributed by atoms with Gasteiger partial charge in [-0.1, -0.05) is 23.2 Å². The van der Waals surface area contributed by atoms with E-state index in [1.807, 2.05) is 4.90 Å². The Kier molecular flexibility index (Phi) is 6.95. The highest BCUT2D eigenvalue weighted by molar-refractivity contribution is 6.36. The summed E-state index contributed by atoms with van der Waals surface area (Å²) in [7, 11) is 0. The number of halogens is 3. The Labute approximate surface area is 183 Å². The summed E-state index contributed by atoms with van der Waals surface area (Å²) in [6.45, 7) is 2.89. The minimum absolute atomic E-state index is 0.167. The molecule has 2 aromatic carbocycles. The third-order valence-corrected chi connectivity index (χ3v) is 5.45. The number of carbonyl (C=O) groups is 3. The molecule has 1 aliphatic heterocycles. The van der Waals surface area contributed by atoms with E-state index in [1.165, 1.54) is 25.1 Å². The van der Waals surface area contributed by atoms with Gasteiger partial charge < -0.3 is 15.1 Å². The van der Waals surface area contributed by atoms with Crippen LogP contribution in [0.1, 0.15) is 27.6 Å². The van der Waals surface area contributed by atoms with Crippen molar-refractivity contribution in [1.29, 1.82) is 0 Å². The lowest BCUT2D eigenvalue weighted by atomic mass is 10.1. The number of anilines is 1. The zero-order valence-corrected chi connectivity index (χ0v) is 17.8. The first-order chi connectivity index (χ1) is 14.3. The van der Waals surface area contributed by atoms with E-state index >= 15 is 0 Å². The lowest BCUT2D eigenvalue weighted by Gasteiger charge is -2.36. The molecular weight excluding hydrogens is 432 g/mol. The average Bonchev–Trinajstić information content (AvgIpc) is 2.71. The Morgan fingerprint density at radius 2 is 1.73 bits per heavy atom. The Bertz CT molecular complexity index is 991. The van der Waals surface area contributed by atoms with Crippen molar-refractivity contribution in [3.8, 4) is 0 Å². The molecule has 3 rings (SSSR count). The number of amides is 2. The van der Waals surface area contributed by atoms with Crippen LogP contribution in [0.5, 0.6) is 0 Å². The van der Waals surface area contributed by atoms with E-state index in [9.17, 15) is 18.8 Å². The number of hydrogen-bond acceptors (Lipinski definition) is 4. The van der Waals surface area contributed by atoms with Crippen molar-refractivity contribution in [3.63, 3.8) is 0 Å². The standard InChI is InChI=1S/C21H20Cl2FN3O3/c1-13(28)14-2-5-19(18(24)10-14)26-6-8-27(9-7-26)20(29)12-25-21(30)16-4-3-15(22)11-17(16)23/h2-5,10-11H,6-9,12H2,1H3,(H,25,30). The van der Waals surface area contributed by atoms with Gasteiger partial charge in [0.2, 0.25) is 5.91 Å². The second-order valence-corrected chi connectivity index (χ2v) is 7.74. The van der Waals surface area contributed by atoms with Crippen LogP contribution in [0.2, 0.25) is 10.0 Å². The van der Waals surface area contributed by atoms with Crippen molar-refractivity contribution < 1.29 is 18.8 Å². The summed E-state index contributed by atoms with van der Waals surface area (Å²) in [5.74, 6) is -1.36. The van der Waals surface area contributed by atoms with Gasteiger partial charge in [0.1, 0.15) is 5.82 Å². The van der Waals surface area contributed by atoms with Crippen molar-refractivity contribution in [2.75, 3.05) is 37.6 Å². The predicted octanol–water partition coefficient (Wildman–Crippen LogP) is 3.41. The third-order valence-electron chi connectivity index (χ3n) is 4.90. The molecule has 0 aromatic heterocycles. The van der Waals surface area contributed by atoms with E-state index in [4.69, 9.17) is 23.2 Å². The van der Waals surface area contributed by atoms with Gasteiger partial charge in [0, 0.05) is 36.8 Å². The Hall–Kier alpha value is -2.64. The summed E-state index contributed by atoms with van der Waals surface area (Å²) in [5.41, 5.74) is 0.961. The van der Waals surface area contributed by atoms with Crippen LogP contribution in [-0.4, -0.2) is 55.2 Å². The Morgan fingerprint density at radius 3 is 2.33 bits per heavy atom. The number of rotatable bonds is 5. The molecule has 2 aromatic rings. The van der Waals surface area contributed by atoms with Crippen LogP contribution in [0.15, 0.2) is 36.4 Å². The highest BCUT2D eigenvalue weighted by atomic mass is 35.5. The molecule has 0 saturated carbocycles. The molecule has 1 N–H and O–H groups in total. The van der Waals surface area contributed by atoms with Crippen LogP contribution in [0.3, 0.4) is 0 Å². The lowest BCUT2D eigenvalue weighted by Crippen LogP contribution is -2.51. The number of piperazine rings is 1. The molecule has 9 heteroatoms. The Balaban J connectivity index is 1.53. The topological polar surface area (TPSA) is 69.7 Å². The molecule has 0 bridgehead atoms. The van der Waals surface area contributed by atoms with Crippen LogP contribution in [-0.2, 0) is 4.79 Å². The van der Waals surface area contributed by atoms with Gasteiger partial charge in [0.05, 0.1) is 22.8 Å². The molecule has 1 aliphatic rings. The molecule has 6 nitrogen and oxygen atoms in total. The summed E-state index contributed by atoms with van der Waals surface area (Å²) in [4.78, 5) is 39.5. The summed E-state index contributed by atoms with van der Waals surface area (Å²) in [6, 6.07) is 8.91. The molecule has 0 atom stereocenters. The number of carbonyl (C=O) groups excluding carboxylic acids is 3.